The van der Waals surface area contributed by atoms with Crippen molar-refractivity contribution in [3.05, 3.63) is 70.7 Å². The van der Waals surface area contributed by atoms with Crippen molar-refractivity contribution >= 4 is 34.7 Å². The average molecular weight is 319 g/mol. The Kier molecular flexibility index (Phi) is 5.31. The van der Waals surface area contributed by atoms with Crippen molar-refractivity contribution in [1.29, 1.82) is 0 Å². The first kappa shape index (κ1) is 15.5. The van der Waals surface area contributed by atoms with Gasteiger partial charge in [-0.05, 0) is 17.2 Å². The van der Waals surface area contributed by atoms with E-state index >= 15 is 0 Å². The van der Waals surface area contributed by atoms with Crippen LogP contribution in [0.4, 0.5) is 0 Å². The van der Waals surface area contributed by atoms with Gasteiger partial charge in [-0.15, -0.1) is 0 Å². The van der Waals surface area contributed by atoms with Gasteiger partial charge in [-0.3, -0.25) is 4.79 Å². The minimum atomic E-state index is -0.635. The molecule has 0 radical (unpaired) electrons. The number of nitrogens with two attached hydrogens (primary N) is 1. The third kappa shape index (κ3) is 4.03. The lowest BCUT2D eigenvalue weighted by Gasteiger charge is -2.16. The zero-order valence-corrected chi connectivity index (χ0v) is 12.8. The molecule has 0 saturated carbocycles. The summed E-state index contributed by atoms with van der Waals surface area (Å²) in [6.45, 7) is 0.338. The lowest BCUT2D eigenvalue weighted by molar-refractivity contribution is -0.121. The minimum absolute atomic E-state index is 0.151. The van der Waals surface area contributed by atoms with Crippen LogP contribution in [0.1, 0.15) is 17.0 Å². The van der Waals surface area contributed by atoms with Gasteiger partial charge in [0.05, 0.1) is 4.99 Å². The number of carbonyl (C=O) groups is 1. The van der Waals surface area contributed by atoms with E-state index in [1.807, 2.05) is 48.5 Å². The maximum absolute atomic E-state index is 12.3. The van der Waals surface area contributed by atoms with Gasteiger partial charge in [-0.2, -0.15) is 0 Å². The third-order valence-corrected chi connectivity index (χ3v) is 3.69. The Morgan fingerprint density at radius 1 is 1.14 bits per heavy atom. The molecule has 0 bridgehead atoms. The Bertz CT molecular complexity index is 646. The molecule has 21 heavy (non-hydrogen) atoms. The fraction of sp³-hybridized carbons (Fsp3) is 0.125. The lowest BCUT2D eigenvalue weighted by Crippen LogP contribution is -2.35. The number of hydrogen-bond donors (Lipinski definition) is 2. The fourth-order valence-corrected chi connectivity index (χ4v) is 2.46. The van der Waals surface area contributed by atoms with Gasteiger partial charge in [0.2, 0.25) is 5.91 Å². The van der Waals surface area contributed by atoms with Crippen LogP contribution in [-0.4, -0.2) is 10.9 Å². The van der Waals surface area contributed by atoms with Gasteiger partial charge < -0.3 is 11.1 Å². The van der Waals surface area contributed by atoms with E-state index in [1.165, 1.54) is 0 Å². The van der Waals surface area contributed by atoms with E-state index in [2.05, 4.69) is 5.32 Å². The molecule has 0 aliphatic carbocycles. The van der Waals surface area contributed by atoms with Crippen molar-refractivity contribution in [3.8, 4) is 0 Å². The summed E-state index contributed by atoms with van der Waals surface area (Å²) in [5, 5.41) is 3.44. The molecule has 3 N–H and O–H groups in total. The number of rotatable bonds is 5. The first-order chi connectivity index (χ1) is 10.1. The molecule has 0 aliphatic heterocycles. The number of amides is 1. The van der Waals surface area contributed by atoms with Gasteiger partial charge in [0, 0.05) is 11.6 Å². The van der Waals surface area contributed by atoms with E-state index in [-0.39, 0.29) is 10.9 Å². The van der Waals surface area contributed by atoms with Crippen LogP contribution < -0.4 is 11.1 Å². The third-order valence-electron chi connectivity index (χ3n) is 3.09. The van der Waals surface area contributed by atoms with Crippen LogP contribution in [0.25, 0.3) is 0 Å². The summed E-state index contributed by atoms with van der Waals surface area (Å²) in [7, 11) is 0. The highest BCUT2D eigenvalue weighted by molar-refractivity contribution is 7.80. The quantitative estimate of drug-likeness (QED) is 0.833. The summed E-state index contributed by atoms with van der Waals surface area (Å²) in [6.07, 6.45) is 0. The van der Waals surface area contributed by atoms with Gasteiger partial charge in [0.25, 0.3) is 0 Å². The molecule has 1 amide bonds. The molecule has 0 spiro atoms. The van der Waals surface area contributed by atoms with Gasteiger partial charge in [-0.25, -0.2) is 0 Å². The average Bonchev–Trinajstić information content (AvgIpc) is 2.47. The second-order valence-electron chi connectivity index (χ2n) is 4.56. The Balaban J connectivity index is 2.10. The van der Waals surface area contributed by atoms with Gasteiger partial charge in [-0.1, -0.05) is 72.3 Å². The molecule has 108 valence electrons. The molecule has 0 aliphatic rings. The normalized spacial score (nSPS) is 11.7. The number of thiocarbonyl (C=S) groups is 1. The van der Waals surface area contributed by atoms with E-state index in [9.17, 15) is 4.79 Å². The molecule has 0 fully saturated rings. The molecule has 0 saturated heterocycles. The topological polar surface area (TPSA) is 55.1 Å². The largest absolute Gasteiger partial charge is 0.392 e. The summed E-state index contributed by atoms with van der Waals surface area (Å²) in [5.74, 6) is -0.864. The molecule has 2 rings (SSSR count). The van der Waals surface area contributed by atoms with Crippen LogP contribution in [0.15, 0.2) is 54.6 Å². The predicted octanol–water partition coefficient (Wildman–Crippen LogP) is 3.03. The fourth-order valence-electron chi connectivity index (χ4n) is 2.02. The second kappa shape index (κ2) is 7.20. The Hall–Kier alpha value is -1.91. The minimum Gasteiger partial charge on any atom is -0.392 e. The monoisotopic (exact) mass is 318 g/mol. The van der Waals surface area contributed by atoms with E-state index in [0.717, 1.165) is 11.1 Å². The summed E-state index contributed by atoms with van der Waals surface area (Å²) >= 11 is 11.1. The highest BCUT2D eigenvalue weighted by atomic mass is 35.5. The Morgan fingerprint density at radius 3 is 2.38 bits per heavy atom. The van der Waals surface area contributed by atoms with Crippen LogP contribution in [-0.2, 0) is 11.3 Å². The van der Waals surface area contributed by atoms with Crippen molar-refractivity contribution < 1.29 is 4.79 Å². The van der Waals surface area contributed by atoms with Crippen LogP contribution in [0.3, 0.4) is 0 Å². The standard InChI is InChI=1S/C16H15ClN2OS/c17-13-9-5-4-8-12(13)10-19-16(20)14(15(18)21)11-6-2-1-3-7-11/h1-9,14H,10H2,(H2,18,21)(H,19,20). The predicted molar refractivity (Wildman–Crippen MR) is 89.3 cm³/mol. The number of carbonyl (C=O) groups excluding carboxylic acids is 1. The summed E-state index contributed by atoms with van der Waals surface area (Å²) in [5.41, 5.74) is 7.34. The maximum Gasteiger partial charge on any atom is 0.234 e. The summed E-state index contributed by atoms with van der Waals surface area (Å²) in [4.78, 5) is 12.5. The molecule has 1 unspecified atom stereocenters. The van der Waals surface area contributed by atoms with Gasteiger partial charge in [0.1, 0.15) is 5.92 Å². The van der Waals surface area contributed by atoms with Crippen molar-refractivity contribution in [2.75, 3.05) is 0 Å². The maximum atomic E-state index is 12.3. The van der Waals surface area contributed by atoms with Crippen LogP contribution in [0.5, 0.6) is 0 Å². The molecule has 5 heteroatoms. The van der Waals surface area contributed by atoms with E-state index in [0.29, 0.717) is 11.6 Å². The second-order valence-corrected chi connectivity index (χ2v) is 5.43. The van der Waals surface area contributed by atoms with E-state index in [1.54, 1.807) is 6.07 Å². The number of benzene rings is 2. The van der Waals surface area contributed by atoms with Crippen LogP contribution in [0.2, 0.25) is 5.02 Å². The number of nitrogens with one attached hydrogen (secondary N) is 1. The van der Waals surface area contributed by atoms with Crippen LogP contribution in [0, 0.1) is 0 Å². The highest BCUT2D eigenvalue weighted by Crippen LogP contribution is 2.18. The molecule has 3 nitrogen and oxygen atoms in total. The molecule has 0 aromatic heterocycles. The van der Waals surface area contributed by atoms with E-state index in [4.69, 9.17) is 29.6 Å². The number of halogens is 1. The van der Waals surface area contributed by atoms with Crippen molar-refractivity contribution in [1.82, 2.24) is 5.32 Å². The first-order valence-electron chi connectivity index (χ1n) is 6.45. The molecule has 2 aromatic rings. The Morgan fingerprint density at radius 2 is 1.76 bits per heavy atom. The lowest BCUT2D eigenvalue weighted by atomic mass is 9.98. The molecule has 2 aromatic carbocycles. The highest BCUT2D eigenvalue weighted by Gasteiger charge is 2.23. The zero-order valence-electron chi connectivity index (χ0n) is 11.3. The molecule has 0 heterocycles. The van der Waals surface area contributed by atoms with Gasteiger partial charge in [0.15, 0.2) is 0 Å². The van der Waals surface area contributed by atoms with Crippen molar-refractivity contribution in [2.24, 2.45) is 5.73 Å². The molecular weight excluding hydrogens is 304 g/mol. The van der Waals surface area contributed by atoms with Crippen LogP contribution >= 0.6 is 23.8 Å². The SMILES string of the molecule is NC(=S)C(C(=O)NCc1ccccc1Cl)c1ccccc1. The number of hydrogen-bond acceptors (Lipinski definition) is 2. The first-order valence-corrected chi connectivity index (χ1v) is 7.23. The molecule has 1 atom stereocenters. The molecular formula is C16H15ClN2OS. The van der Waals surface area contributed by atoms with Crippen molar-refractivity contribution in [3.63, 3.8) is 0 Å². The van der Waals surface area contributed by atoms with Crippen molar-refractivity contribution in [2.45, 2.75) is 12.5 Å². The smallest absolute Gasteiger partial charge is 0.234 e. The zero-order chi connectivity index (χ0) is 15.2. The van der Waals surface area contributed by atoms with Gasteiger partial charge >= 0.3 is 0 Å². The Labute approximate surface area is 134 Å². The summed E-state index contributed by atoms with van der Waals surface area (Å²) < 4.78 is 0. The van der Waals surface area contributed by atoms with E-state index < -0.39 is 5.92 Å². The summed E-state index contributed by atoms with van der Waals surface area (Å²) in [6, 6.07) is 16.6.